The molecule has 0 radical (unpaired) electrons. The van der Waals surface area contributed by atoms with Crippen LogP contribution in [0.25, 0.3) is 0 Å². The minimum absolute atomic E-state index is 0.102. The molecule has 0 aromatic heterocycles. The molecule has 0 amide bonds. The van der Waals surface area contributed by atoms with Gasteiger partial charge in [0.25, 0.3) is 0 Å². The van der Waals surface area contributed by atoms with Crippen molar-refractivity contribution in [2.45, 2.75) is 23.5 Å². The zero-order valence-electron chi connectivity index (χ0n) is 10.2. The van der Waals surface area contributed by atoms with E-state index in [9.17, 15) is 17.6 Å². The predicted octanol–water partition coefficient (Wildman–Crippen LogP) is 0.234. The SMILES string of the molecule is O=C(CNS(=O)(=O)c1ccccc1)[C@@H]1C[C@@H](F)CN1. The smallest absolute Gasteiger partial charge is 0.240 e. The second-order valence-corrected chi connectivity index (χ2v) is 6.16. The summed E-state index contributed by atoms with van der Waals surface area (Å²) in [5.41, 5.74) is 0. The summed E-state index contributed by atoms with van der Waals surface area (Å²) in [7, 11) is -3.69. The molecule has 2 atom stereocenters. The van der Waals surface area contributed by atoms with E-state index in [1.54, 1.807) is 18.2 Å². The third-order valence-corrected chi connectivity index (χ3v) is 4.37. The van der Waals surface area contributed by atoms with Gasteiger partial charge in [-0.2, -0.15) is 0 Å². The average Bonchev–Trinajstić information content (AvgIpc) is 2.84. The van der Waals surface area contributed by atoms with Gasteiger partial charge in [-0.25, -0.2) is 17.5 Å². The van der Waals surface area contributed by atoms with Gasteiger partial charge < -0.3 is 5.32 Å². The number of hydrogen-bond acceptors (Lipinski definition) is 4. The lowest BCUT2D eigenvalue weighted by molar-refractivity contribution is -0.119. The molecule has 1 aliphatic rings. The molecule has 2 N–H and O–H groups in total. The Labute approximate surface area is 111 Å². The number of carbonyl (C=O) groups is 1. The maximum absolute atomic E-state index is 12.9. The van der Waals surface area contributed by atoms with Crippen molar-refractivity contribution in [3.8, 4) is 0 Å². The maximum Gasteiger partial charge on any atom is 0.240 e. The lowest BCUT2D eigenvalue weighted by atomic mass is 10.1. The van der Waals surface area contributed by atoms with Gasteiger partial charge in [0.1, 0.15) is 6.17 Å². The third kappa shape index (κ3) is 3.59. The minimum atomic E-state index is -3.69. The highest BCUT2D eigenvalue weighted by Crippen LogP contribution is 2.11. The molecule has 1 aromatic rings. The van der Waals surface area contributed by atoms with Crippen LogP contribution in [0.1, 0.15) is 6.42 Å². The summed E-state index contributed by atoms with van der Waals surface area (Å²) >= 11 is 0. The number of halogens is 1. The van der Waals surface area contributed by atoms with E-state index >= 15 is 0 Å². The first-order valence-electron chi connectivity index (χ1n) is 5.94. The van der Waals surface area contributed by atoms with E-state index in [-0.39, 0.29) is 30.2 Å². The fourth-order valence-corrected chi connectivity index (χ4v) is 2.92. The highest BCUT2D eigenvalue weighted by Gasteiger charge is 2.29. The van der Waals surface area contributed by atoms with Crippen molar-refractivity contribution < 1.29 is 17.6 Å². The monoisotopic (exact) mass is 286 g/mol. The van der Waals surface area contributed by atoms with Crippen LogP contribution < -0.4 is 10.0 Å². The van der Waals surface area contributed by atoms with Gasteiger partial charge in [0.15, 0.2) is 5.78 Å². The molecule has 2 rings (SSSR count). The van der Waals surface area contributed by atoms with Crippen molar-refractivity contribution in [2.24, 2.45) is 0 Å². The third-order valence-electron chi connectivity index (χ3n) is 2.96. The van der Waals surface area contributed by atoms with Crippen LogP contribution in [-0.2, 0) is 14.8 Å². The number of alkyl halides is 1. The fraction of sp³-hybridized carbons (Fsp3) is 0.417. The molecule has 0 spiro atoms. The predicted molar refractivity (Wildman–Crippen MR) is 67.9 cm³/mol. The van der Waals surface area contributed by atoms with Crippen LogP contribution in [0.2, 0.25) is 0 Å². The van der Waals surface area contributed by atoms with E-state index in [1.807, 2.05) is 0 Å². The molecule has 1 heterocycles. The standard InChI is InChI=1S/C12H15FN2O3S/c13-9-6-11(14-7-9)12(16)8-15-19(17,18)10-4-2-1-3-5-10/h1-5,9,11,14-15H,6-8H2/t9-,11+/m1/s1. The Bertz CT molecular complexity index is 547. The first-order chi connectivity index (χ1) is 8.99. The molecule has 0 aliphatic carbocycles. The van der Waals surface area contributed by atoms with Crippen molar-refractivity contribution >= 4 is 15.8 Å². The number of ketones is 1. The first-order valence-corrected chi connectivity index (χ1v) is 7.42. The zero-order valence-corrected chi connectivity index (χ0v) is 11.0. The van der Waals surface area contributed by atoms with Gasteiger partial charge in [0.2, 0.25) is 10.0 Å². The topological polar surface area (TPSA) is 75.3 Å². The first kappa shape index (κ1) is 14.1. The van der Waals surface area contributed by atoms with Crippen LogP contribution >= 0.6 is 0 Å². The van der Waals surface area contributed by atoms with Gasteiger partial charge in [-0.1, -0.05) is 18.2 Å². The molecular weight excluding hydrogens is 271 g/mol. The maximum atomic E-state index is 12.9. The van der Waals surface area contributed by atoms with Gasteiger partial charge in [-0.15, -0.1) is 0 Å². The summed E-state index contributed by atoms with van der Waals surface area (Å²) in [5, 5.41) is 2.72. The van der Waals surface area contributed by atoms with Gasteiger partial charge in [0, 0.05) is 13.0 Å². The summed E-state index contributed by atoms with van der Waals surface area (Å²) in [6, 6.07) is 7.18. The zero-order chi connectivity index (χ0) is 13.9. The van der Waals surface area contributed by atoms with E-state index in [0.717, 1.165) is 0 Å². The summed E-state index contributed by atoms with van der Waals surface area (Å²) < 4.78 is 38.9. The van der Waals surface area contributed by atoms with E-state index < -0.39 is 22.2 Å². The molecule has 0 unspecified atom stereocenters. The van der Waals surface area contributed by atoms with Crippen molar-refractivity contribution in [2.75, 3.05) is 13.1 Å². The summed E-state index contributed by atoms with van der Waals surface area (Å²) in [4.78, 5) is 11.8. The fourth-order valence-electron chi connectivity index (χ4n) is 1.91. The lowest BCUT2D eigenvalue weighted by Crippen LogP contribution is -2.39. The number of sulfonamides is 1. The second kappa shape index (κ2) is 5.77. The lowest BCUT2D eigenvalue weighted by Gasteiger charge is -2.10. The minimum Gasteiger partial charge on any atom is -0.304 e. The highest BCUT2D eigenvalue weighted by atomic mass is 32.2. The summed E-state index contributed by atoms with van der Waals surface area (Å²) in [6.45, 7) is -0.191. The number of nitrogens with one attached hydrogen (secondary N) is 2. The average molecular weight is 286 g/mol. The van der Waals surface area contributed by atoms with Crippen LogP contribution in [0, 0.1) is 0 Å². The molecule has 5 nitrogen and oxygen atoms in total. The molecule has 104 valence electrons. The highest BCUT2D eigenvalue weighted by molar-refractivity contribution is 7.89. The number of hydrogen-bond donors (Lipinski definition) is 2. The normalized spacial score (nSPS) is 23.4. The Balaban J connectivity index is 1.93. The van der Waals surface area contributed by atoms with Crippen LogP contribution in [0.4, 0.5) is 4.39 Å². The Hall–Kier alpha value is -1.31. The molecule has 1 saturated heterocycles. The number of carbonyl (C=O) groups excluding carboxylic acids is 1. The molecule has 19 heavy (non-hydrogen) atoms. The quantitative estimate of drug-likeness (QED) is 0.813. The summed E-state index contributed by atoms with van der Waals surface area (Å²) in [5.74, 6) is -0.348. The van der Waals surface area contributed by atoms with Gasteiger partial charge in [-0.05, 0) is 12.1 Å². The Morgan fingerprint density at radius 2 is 2.05 bits per heavy atom. The Kier molecular flexibility index (Phi) is 4.28. The van der Waals surface area contributed by atoms with Crippen molar-refractivity contribution in [1.29, 1.82) is 0 Å². The van der Waals surface area contributed by atoms with Crippen molar-refractivity contribution in [3.63, 3.8) is 0 Å². The molecule has 7 heteroatoms. The molecule has 1 fully saturated rings. The van der Waals surface area contributed by atoms with Crippen molar-refractivity contribution in [1.82, 2.24) is 10.0 Å². The van der Waals surface area contributed by atoms with Crippen molar-refractivity contribution in [3.05, 3.63) is 30.3 Å². The van der Waals surface area contributed by atoms with Gasteiger partial charge >= 0.3 is 0 Å². The van der Waals surface area contributed by atoms with E-state index in [4.69, 9.17) is 0 Å². The second-order valence-electron chi connectivity index (χ2n) is 4.40. The number of rotatable bonds is 5. The molecule has 1 aromatic carbocycles. The Morgan fingerprint density at radius 3 is 2.63 bits per heavy atom. The van der Waals surface area contributed by atoms with Crippen LogP contribution in [-0.4, -0.2) is 39.5 Å². The van der Waals surface area contributed by atoms with Gasteiger partial charge in [-0.3, -0.25) is 4.79 Å². The van der Waals surface area contributed by atoms with E-state index in [2.05, 4.69) is 10.0 Å². The molecule has 0 bridgehead atoms. The molecular formula is C12H15FN2O3S. The van der Waals surface area contributed by atoms with Gasteiger partial charge in [0.05, 0.1) is 17.5 Å². The van der Waals surface area contributed by atoms with Crippen LogP contribution in [0.15, 0.2) is 35.2 Å². The number of benzene rings is 1. The summed E-state index contributed by atoms with van der Waals surface area (Å²) in [6.07, 6.45) is -0.939. The van der Waals surface area contributed by atoms with E-state index in [1.165, 1.54) is 12.1 Å². The van der Waals surface area contributed by atoms with E-state index in [0.29, 0.717) is 0 Å². The van der Waals surface area contributed by atoms with Crippen LogP contribution in [0.3, 0.4) is 0 Å². The van der Waals surface area contributed by atoms with Crippen LogP contribution in [0.5, 0.6) is 0 Å². The largest absolute Gasteiger partial charge is 0.304 e. The molecule has 0 saturated carbocycles. The number of Topliss-reactive ketones (excluding diaryl/α,β-unsaturated/α-hetero) is 1. The molecule has 1 aliphatic heterocycles. The Morgan fingerprint density at radius 1 is 1.37 bits per heavy atom.